The summed E-state index contributed by atoms with van der Waals surface area (Å²) in [7, 11) is 0. The van der Waals surface area contributed by atoms with Gasteiger partial charge in [-0.25, -0.2) is 4.98 Å². The maximum absolute atomic E-state index is 12.7. The van der Waals surface area contributed by atoms with E-state index in [-0.39, 0.29) is 36.8 Å². The topological polar surface area (TPSA) is 87.3 Å². The summed E-state index contributed by atoms with van der Waals surface area (Å²) in [6.07, 6.45) is 0.198. The van der Waals surface area contributed by atoms with Crippen LogP contribution >= 0.6 is 0 Å². The molecule has 3 aromatic rings. The molecule has 0 radical (unpaired) electrons. The minimum atomic E-state index is -0.234. The van der Waals surface area contributed by atoms with Gasteiger partial charge in [0.05, 0.1) is 22.8 Å². The zero-order chi connectivity index (χ0) is 20.4. The normalized spacial score (nSPS) is 14.6. The molecule has 150 valence electrons. The first-order valence-electron chi connectivity index (χ1n) is 9.79. The molecule has 0 unspecified atom stereocenters. The summed E-state index contributed by atoms with van der Waals surface area (Å²) in [4.78, 5) is 34.5. The molecule has 0 saturated carbocycles. The summed E-state index contributed by atoms with van der Waals surface area (Å²) in [6.45, 7) is 4.38. The van der Waals surface area contributed by atoms with E-state index in [9.17, 15) is 9.59 Å². The van der Waals surface area contributed by atoms with E-state index in [0.717, 1.165) is 16.9 Å². The monoisotopic (exact) mass is 392 g/mol. The highest BCUT2D eigenvalue weighted by Gasteiger charge is 2.27. The van der Waals surface area contributed by atoms with Gasteiger partial charge >= 0.3 is 0 Å². The lowest BCUT2D eigenvalue weighted by molar-refractivity contribution is -0.122. The summed E-state index contributed by atoms with van der Waals surface area (Å²) in [5, 5.41) is 3.07. The highest BCUT2D eigenvalue weighted by Crippen LogP contribution is 2.31. The van der Waals surface area contributed by atoms with Crippen LogP contribution in [0.1, 0.15) is 32.1 Å². The number of anilines is 1. The maximum Gasteiger partial charge on any atom is 0.265 e. The van der Waals surface area contributed by atoms with Gasteiger partial charge in [-0.2, -0.15) is 0 Å². The Morgan fingerprint density at radius 3 is 2.76 bits per heavy atom. The van der Waals surface area contributed by atoms with Gasteiger partial charge in [0.25, 0.3) is 5.91 Å². The first kappa shape index (κ1) is 19.0. The number of para-hydroxylation sites is 4. The van der Waals surface area contributed by atoms with Crippen LogP contribution in [0.15, 0.2) is 48.5 Å². The summed E-state index contributed by atoms with van der Waals surface area (Å²) in [5.41, 5.74) is 2.52. The van der Waals surface area contributed by atoms with Gasteiger partial charge in [-0.15, -0.1) is 0 Å². The molecule has 7 heteroatoms. The zero-order valence-electron chi connectivity index (χ0n) is 16.5. The number of carbonyl (C=O) groups is 2. The molecule has 7 nitrogen and oxygen atoms in total. The average molecular weight is 392 g/mol. The third-order valence-electron chi connectivity index (χ3n) is 5.06. The van der Waals surface area contributed by atoms with Crippen LogP contribution in [-0.4, -0.2) is 34.9 Å². The Morgan fingerprint density at radius 2 is 1.97 bits per heavy atom. The fourth-order valence-corrected chi connectivity index (χ4v) is 3.53. The molecule has 0 saturated heterocycles. The Hall–Kier alpha value is -3.35. The number of benzene rings is 2. The Bertz CT molecular complexity index is 1010. The molecular weight excluding hydrogens is 368 g/mol. The number of carbonyl (C=O) groups excluding carboxylic acids is 2. The van der Waals surface area contributed by atoms with Gasteiger partial charge in [0.15, 0.2) is 6.61 Å². The average Bonchev–Trinajstić information content (AvgIpc) is 3.14. The number of hydrogen-bond donors (Lipinski definition) is 2. The van der Waals surface area contributed by atoms with Crippen molar-refractivity contribution in [3.8, 4) is 5.75 Å². The van der Waals surface area contributed by atoms with Crippen molar-refractivity contribution < 1.29 is 14.3 Å². The molecule has 2 N–H and O–H groups in total. The molecule has 4 rings (SSSR count). The molecule has 0 aliphatic carbocycles. The summed E-state index contributed by atoms with van der Waals surface area (Å²) in [6, 6.07) is 14.9. The van der Waals surface area contributed by atoms with Crippen LogP contribution < -0.4 is 15.0 Å². The molecule has 0 fully saturated rings. The summed E-state index contributed by atoms with van der Waals surface area (Å²) >= 11 is 0. The van der Waals surface area contributed by atoms with E-state index in [1.54, 1.807) is 4.90 Å². The van der Waals surface area contributed by atoms with Gasteiger partial charge in [0.2, 0.25) is 5.91 Å². The minimum absolute atomic E-state index is 0.00770. The molecule has 2 aromatic carbocycles. The van der Waals surface area contributed by atoms with E-state index in [1.807, 2.05) is 62.4 Å². The molecule has 2 heterocycles. The van der Waals surface area contributed by atoms with Crippen LogP contribution in [0.4, 0.5) is 5.69 Å². The predicted octanol–water partition coefficient (Wildman–Crippen LogP) is 3.19. The van der Waals surface area contributed by atoms with Gasteiger partial charge in [-0.05, 0) is 30.2 Å². The van der Waals surface area contributed by atoms with Crippen LogP contribution in [0, 0.1) is 5.92 Å². The standard InChI is InChI=1S/C22H24N4O3/c1-14(2)21(22-23-15-7-3-4-8-16(15)24-22)25-19(27)11-12-26-17-9-5-6-10-18(17)29-13-20(26)28/h3-10,14,21H,11-13H2,1-2H3,(H,23,24)(H,25,27)/t21-/m0/s1. The zero-order valence-corrected chi connectivity index (χ0v) is 16.5. The van der Waals surface area contributed by atoms with Crippen molar-refractivity contribution in [3.05, 3.63) is 54.4 Å². The third kappa shape index (κ3) is 3.94. The number of nitrogens with one attached hydrogen (secondary N) is 2. The molecule has 29 heavy (non-hydrogen) atoms. The maximum atomic E-state index is 12.7. The largest absolute Gasteiger partial charge is 0.482 e. The fraction of sp³-hybridized carbons (Fsp3) is 0.318. The minimum Gasteiger partial charge on any atom is -0.482 e. The van der Waals surface area contributed by atoms with Gasteiger partial charge < -0.3 is 19.9 Å². The van der Waals surface area contributed by atoms with Gasteiger partial charge in [0, 0.05) is 13.0 Å². The molecule has 1 aliphatic rings. The van der Waals surface area contributed by atoms with Crippen molar-refractivity contribution in [1.29, 1.82) is 0 Å². The SMILES string of the molecule is CC(C)[C@H](NC(=O)CCN1C(=O)COc2ccccc21)c1nc2ccccc2[nH]1. The Labute approximate surface area is 169 Å². The van der Waals surface area contributed by atoms with E-state index >= 15 is 0 Å². The third-order valence-corrected chi connectivity index (χ3v) is 5.06. The lowest BCUT2D eigenvalue weighted by Crippen LogP contribution is -2.41. The van der Waals surface area contributed by atoms with Crippen LogP contribution in [0.3, 0.4) is 0 Å². The first-order chi connectivity index (χ1) is 14.0. The number of amides is 2. The second-order valence-corrected chi connectivity index (χ2v) is 7.48. The van der Waals surface area contributed by atoms with E-state index in [2.05, 4.69) is 15.3 Å². The lowest BCUT2D eigenvalue weighted by Gasteiger charge is -2.29. The number of ether oxygens (including phenoxy) is 1. The molecular formula is C22H24N4O3. The van der Waals surface area contributed by atoms with E-state index in [4.69, 9.17) is 4.74 Å². The van der Waals surface area contributed by atoms with Crippen LogP contribution in [0.5, 0.6) is 5.75 Å². The number of H-pyrrole nitrogens is 1. The van der Waals surface area contributed by atoms with Crippen LogP contribution in [-0.2, 0) is 9.59 Å². The Balaban J connectivity index is 1.45. The van der Waals surface area contributed by atoms with Crippen molar-refractivity contribution in [2.24, 2.45) is 5.92 Å². The molecule has 1 aliphatic heterocycles. The summed E-state index contributed by atoms with van der Waals surface area (Å²) < 4.78 is 5.45. The highest BCUT2D eigenvalue weighted by atomic mass is 16.5. The molecule has 2 amide bonds. The summed E-state index contributed by atoms with van der Waals surface area (Å²) in [5.74, 6) is 1.29. The molecule has 1 aromatic heterocycles. The number of imidazole rings is 1. The van der Waals surface area contributed by atoms with Gasteiger partial charge in [-0.1, -0.05) is 38.1 Å². The molecule has 0 spiro atoms. The molecule has 1 atom stereocenters. The Kier molecular flexibility index (Phi) is 5.20. The van der Waals surface area contributed by atoms with Gasteiger partial charge in [0.1, 0.15) is 11.6 Å². The van der Waals surface area contributed by atoms with E-state index in [0.29, 0.717) is 18.0 Å². The van der Waals surface area contributed by atoms with Crippen molar-refractivity contribution in [2.75, 3.05) is 18.1 Å². The van der Waals surface area contributed by atoms with Crippen LogP contribution in [0.2, 0.25) is 0 Å². The Morgan fingerprint density at radius 1 is 1.21 bits per heavy atom. The number of aromatic amines is 1. The molecule has 0 bridgehead atoms. The lowest BCUT2D eigenvalue weighted by atomic mass is 10.0. The number of fused-ring (bicyclic) bond motifs is 2. The van der Waals surface area contributed by atoms with Crippen molar-refractivity contribution >= 4 is 28.5 Å². The van der Waals surface area contributed by atoms with Crippen molar-refractivity contribution in [1.82, 2.24) is 15.3 Å². The second kappa shape index (κ2) is 7.95. The van der Waals surface area contributed by atoms with Crippen molar-refractivity contribution in [2.45, 2.75) is 26.3 Å². The number of hydrogen-bond acceptors (Lipinski definition) is 4. The smallest absolute Gasteiger partial charge is 0.265 e. The van der Waals surface area contributed by atoms with E-state index in [1.165, 1.54) is 0 Å². The highest BCUT2D eigenvalue weighted by molar-refractivity contribution is 5.98. The quantitative estimate of drug-likeness (QED) is 0.674. The predicted molar refractivity (Wildman–Crippen MR) is 111 cm³/mol. The van der Waals surface area contributed by atoms with Crippen LogP contribution in [0.25, 0.3) is 11.0 Å². The first-order valence-corrected chi connectivity index (χ1v) is 9.79. The van der Waals surface area contributed by atoms with E-state index < -0.39 is 0 Å². The number of rotatable bonds is 6. The number of nitrogens with zero attached hydrogens (tertiary/aromatic N) is 2. The van der Waals surface area contributed by atoms with Crippen molar-refractivity contribution in [3.63, 3.8) is 0 Å². The second-order valence-electron chi connectivity index (χ2n) is 7.48. The number of aromatic nitrogens is 2. The fourth-order valence-electron chi connectivity index (χ4n) is 3.53. The van der Waals surface area contributed by atoms with Gasteiger partial charge in [-0.3, -0.25) is 9.59 Å².